The summed E-state index contributed by atoms with van der Waals surface area (Å²) in [6.07, 6.45) is 1.77. The van der Waals surface area contributed by atoms with E-state index in [1.54, 1.807) is 20.8 Å². The number of amides is 2. The van der Waals surface area contributed by atoms with Crippen LogP contribution in [0.2, 0.25) is 0 Å². The number of ether oxygens (including phenoxy) is 3. The van der Waals surface area contributed by atoms with Gasteiger partial charge in [-0.05, 0) is 62.3 Å². The van der Waals surface area contributed by atoms with Crippen molar-refractivity contribution in [1.82, 2.24) is 10.6 Å². The average molecular weight is 509 g/mol. The lowest BCUT2D eigenvalue weighted by molar-refractivity contribution is -0.145. The van der Waals surface area contributed by atoms with Crippen LogP contribution in [0.3, 0.4) is 0 Å². The summed E-state index contributed by atoms with van der Waals surface area (Å²) in [5, 5.41) is 5.33. The Morgan fingerprint density at radius 3 is 2.16 bits per heavy atom. The molecule has 198 valence electrons. The Kier molecular flexibility index (Phi) is 9.71. The van der Waals surface area contributed by atoms with Gasteiger partial charge in [0.1, 0.15) is 24.9 Å². The summed E-state index contributed by atoms with van der Waals surface area (Å²) in [4.78, 5) is 36.8. The zero-order valence-corrected chi connectivity index (χ0v) is 21.8. The number of benzene rings is 2. The fourth-order valence-electron chi connectivity index (χ4n) is 4.25. The molecule has 1 atom stereocenters. The molecule has 8 heteroatoms. The van der Waals surface area contributed by atoms with Gasteiger partial charge in [-0.3, -0.25) is 0 Å². The van der Waals surface area contributed by atoms with Crippen LogP contribution in [0.4, 0.5) is 9.59 Å². The summed E-state index contributed by atoms with van der Waals surface area (Å²) in [6.45, 7) is 9.42. The third-order valence-corrected chi connectivity index (χ3v) is 5.85. The molecule has 0 unspecified atom stereocenters. The second-order valence-corrected chi connectivity index (χ2v) is 9.87. The second kappa shape index (κ2) is 12.9. The highest BCUT2D eigenvalue weighted by molar-refractivity contribution is 5.81. The van der Waals surface area contributed by atoms with Crippen LogP contribution in [-0.2, 0) is 19.0 Å². The van der Waals surface area contributed by atoms with Crippen molar-refractivity contribution < 1.29 is 28.6 Å². The van der Waals surface area contributed by atoms with Crippen molar-refractivity contribution in [2.75, 3.05) is 19.8 Å². The van der Waals surface area contributed by atoms with E-state index in [9.17, 15) is 14.4 Å². The molecule has 2 aromatic carbocycles. The van der Waals surface area contributed by atoms with Gasteiger partial charge in [0.15, 0.2) is 0 Å². The topological polar surface area (TPSA) is 103 Å². The molecule has 0 fully saturated rings. The minimum absolute atomic E-state index is 0.000542. The Hall–Kier alpha value is -3.81. The zero-order valence-electron chi connectivity index (χ0n) is 21.8. The molecule has 0 saturated carbocycles. The number of alkyl carbamates (subject to hydrolysis) is 2. The molecule has 0 radical (unpaired) electrons. The first-order valence-electron chi connectivity index (χ1n) is 12.6. The highest BCUT2D eigenvalue weighted by Crippen LogP contribution is 2.44. The molecule has 2 aromatic rings. The number of carbonyl (C=O) groups is 3. The van der Waals surface area contributed by atoms with E-state index < -0.39 is 29.8 Å². The van der Waals surface area contributed by atoms with E-state index in [2.05, 4.69) is 41.5 Å². The predicted octanol–water partition coefficient (Wildman–Crippen LogP) is 5.32. The molecule has 0 bridgehead atoms. The Labute approximate surface area is 218 Å². The summed E-state index contributed by atoms with van der Waals surface area (Å²) >= 11 is 0. The van der Waals surface area contributed by atoms with Crippen LogP contribution in [0.15, 0.2) is 61.2 Å². The van der Waals surface area contributed by atoms with Crippen molar-refractivity contribution in [3.8, 4) is 11.1 Å². The number of carbonyl (C=O) groups excluding carboxylic acids is 3. The van der Waals surface area contributed by atoms with E-state index in [0.717, 1.165) is 11.1 Å². The maximum atomic E-state index is 12.3. The molecular formula is C29H36N2O6. The first kappa shape index (κ1) is 27.8. The van der Waals surface area contributed by atoms with Crippen molar-refractivity contribution in [2.24, 2.45) is 0 Å². The van der Waals surface area contributed by atoms with E-state index in [0.29, 0.717) is 25.8 Å². The fraction of sp³-hybridized carbons (Fsp3) is 0.414. The van der Waals surface area contributed by atoms with Gasteiger partial charge in [-0.1, -0.05) is 61.2 Å². The van der Waals surface area contributed by atoms with Crippen molar-refractivity contribution in [3.05, 3.63) is 72.3 Å². The lowest BCUT2D eigenvalue weighted by Crippen LogP contribution is -2.44. The van der Waals surface area contributed by atoms with E-state index in [-0.39, 0.29) is 19.1 Å². The summed E-state index contributed by atoms with van der Waals surface area (Å²) < 4.78 is 15.9. The highest BCUT2D eigenvalue weighted by Gasteiger charge is 2.29. The van der Waals surface area contributed by atoms with Crippen molar-refractivity contribution in [1.29, 1.82) is 0 Å². The molecule has 8 nitrogen and oxygen atoms in total. The molecule has 37 heavy (non-hydrogen) atoms. The fourth-order valence-corrected chi connectivity index (χ4v) is 4.25. The Bertz CT molecular complexity index is 1060. The van der Waals surface area contributed by atoms with Gasteiger partial charge in [-0.15, -0.1) is 0 Å². The minimum atomic E-state index is -0.857. The number of esters is 1. The molecule has 2 N–H and O–H groups in total. The summed E-state index contributed by atoms with van der Waals surface area (Å²) in [7, 11) is 0. The molecule has 2 amide bonds. The maximum Gasteiger partial charge on any atom is 0.408 e. The van der Waals surface area contributed by atoms with Crippen molar-refractivity contribution in [3.63, 3.8) is 0 Å². The van der Waals surface area contributed by atoms with Gasteiger partial charge in [-0.2, -0.15) is 0 Å². The first-order valence-corrected chi connectivity index (χ1v) is 12.6. The van der Waals surface area contributed by atoms with Crippen LogP contribution in [-0.4, -0.2) is 49.6 Å². The van der Waals surface area contributed by atoms with Gasteiger partial charge >= 0.3 is 18.2 Å². The van der Waals surface area contributed by atoms with Crippen LogP contribution in [0.5, 0.6) is 0 Å². The Balaban J connectivity index is 1.43. The standard InChI is InChI=1S/C29H36N2O6/c1-5-18-35-26(32)25(31-28(34)37-29(2,3)4)16-10-11-17-30-27(33)36-19-24-22-14-8-6-12-20(22)21-13-7-9-15-23(21)24/h5-9,12-15,24-25H,1,10-11,16-19H2,2-4H3,(H,30,33)(H,31,34)/t25-/m1/s1. The number of hydrogen-bond donors (Lipinski definition) is 2. The summed E-state index contributed by atoms with van der Waals surface area (Å²) in [5.41, 5.74) is 3.97. The molecule has 0 aliphatic heterocycles. The largest absolute Gasteiger partial charge is 0.460 e. The maximum absolute atomic E-state index is 12.3. The lowest BCUT2D eigenvalue weighted by Gasteiger charge is -2.23. The molecule has 0 spiro atoms. The van der Waals surface area contributed by atoms with Gasteiger partial charge in [0, 0.05) is 12.5 Å². The van der Waals surface area contributed by atoms with Crippen LogP contribution in [0, 0.1) is 0 Å². The highest BCUT2D eigenvalue weighted by atomic mass is 16.6. The minimum Gasteiger partial charge on any atom is -0.460 e. The molecule has 0 aromatic heterocycles. The van der Waals surface area contributed by atoms with E-state index in [4.69, 9.17) is 14.2 Å². The van der Waals surface area contributed by atoms with Gasteiger partial charge in [0.25, 0.3) is 0 Å². The van der Waals surface area contributed by atoms with Gasteiger partial charge in [0.05, 0.1) is 0 Å². The first-order chi connectivity index (χ1) is 17.7. The third-order valence-electron chi connectivity index (χ3n) is 5.85. The summed E-state index contributed by atoms with van der Waals surface area (Å²) in [5.74, 6) is -0.560. The van der Waals surface area contributed by atoms with Crippen LogP contribution in [0.1, 0.15) is 57.1 Å². The molecule has 1 aliphatic carbocycles. The molecule has 0 saturated heterocycles. The Morgan fingerprint density at radius 2 is 1.57 bits per heavy atom. The van der Waals surface area contributed by atoms with Gasteiger partial charge < -0.3 is 24.8 Å². The second-order valence-electron chi connectivity index (χ2n) is 9.87. The van der Waals surface area contributed by atoms with Gasteiger partial charge in [0.2, 0.25) is 0 Å². The number of nitrogens with one attached hydrogen (secondary N) is 2. The van der Waals surface area contributed by atoms with E-state index in [1.165, 1.54) is 17.2 Å². The van der Waals surface area contributed by atoms with Crippen molar-refractivity contribution >= 4 is 18.2 Å². The zero-order chi connectivity index (χ0) is 26.8. The summed E-state index contributed by atoms with van der Waals surface area (Å²) in [6, 6.07) is 15.5. The van der Waals surface area contributed by atoms with Crippen LogP contribution < -0.4 is 10.6 Å². The van der Waals surface area contributed by atoms with Gasteiger partial charge in [-0.25, -0.2) is 14.4 Å². The molecule has 0 heterocycles. The number of rotatable bonds is 11. The predicted molar refractivity (Wildman–Crippen MR) is 141 cm³/mol. The average Bonchev–Trinajstić information content (AvgIpc) is 3.17. The molecule has 3 rings (SSSR count). The van der Waals surface area contributed by atoms with E-state index in [1.807, 2.05) is 24.3 Å². The third kappa shape index (κ3) is 8.10. The SMILES string of the molecule is C=CCOC(=O)[C@@H](CCCCNC(=O)OCC1c2ccccc2-c2ccccc21)NC(=O)OC(C)(C)C. The number of fused-ring (bicyclic) bond motifs is 3. The van der Waals surface area contributed by atoms with E-state index >= 15 is 0 Å². The normalized spacial score (nSPS) is 13.1. The monoisotopic (exact) mass is 508 g/mol. The number of hydrogen-bond acceptors (Lipinski definition) is 6. The number of unbranched alkanes of at least 4 members (excludes halogenated alkanes) is 1. The smallest absolute Gasteiger partial charge is 0.408 e. The van der Waals surface area contributed by atoms with Crippen LogP contribution in [0.25, 0.3) is 11.1 Å². The molecule has 1 aliphatic rings. The Morgan fingerprint density at radius 1 is 0.946 bits per heavy atom. The lowest BCUT2D eigenvalue weighted by atomic mass is 9.98. The van der Waals surface area contributed by atoms with Crippen LogP contribution >= 0.6 is 0 Å². The van der Waals surface area contributed by atoms with Crippen molar-refractivity contribution in [2.45, 2.75) is 57.6 Å². The quantitative estimate of drug-likeness (QED) is 0.184. The molecular weight excluding hydrogens is 472 g/mol.